The molecule has 0 bridgehead atoms. The zero-order valence-electron chi connectivity index (χ0n) is 18.0. The van der Waals surface area contributed by atoms with E-state index in [1.54, 1.807) is 11.2 Å². The Balaban J connectivity index is 1.19. The van der Waals surface area contributed by atoms with Crippen LogP contribution in [-0.2, 0) is 19.3 Å². The second-order valence-electron chi connectivity index (χ2n) is 7.99. The third-order valence-electron chi connectivity index (χ3n) is 5.65. The normalized spacial score (nSPS) is 14.5. The van der Waals surface area contributed by atoms with Crippen LogP contribution in [0, 0.1) is 6.92 Å². The molecule has 1 aliphatic heterocycles. The number of hydrogen-bond donors (Lipinski definition) is 1. The number of aryl methyl sites for hydroxylation is 3. The summed E-state index contributed by atoms with van der Waals surface area (Å²) in [6, 6.07) is 11.9. The summed E-state index contributed by atoms with van der Waals surface area (Å²) < 4.78 is 5.58. The molecule has 1 amide bonds. The minimum absolute atomic E-state index is 0.273. The van der Waals surface area contributed by atoms with Crippen LogP contribution >= 0.6 is 0 Å². The number of rotatable bonds is 7. The van der Waals surface area contributed by atoms with Crippen molar-refractivity contribution in [2.24, 2.45) is 0 Å². The van der Waals surface area contributed by atoms with Crippen molar-refractivity contribution in [3.63, 3.8) is 0 Å². The largest absolute Gasteiger partial charge is 0.415 e. The van der Waals surface area contributed by atoms with E-state index in [1.165, 1.54) is 11.1 Å². The number of pyridine rings is 1. The molecule has 0 aliphatic carbocycles. The standard InChI is InChI=1S/C24H29N5O2/c1-19-2-6-21(26-16-19)7-3-20-4-8-23(9-5-20)31-24(30)29-14-12-28(13-15-29)11-10-22-17-25-18-27-22/h2,4-6,8-9,16-18H,3,7,10-15H2,1H3,(H,25,27). The van der Waals surface area contributed by atoms with Crippen molar-refractivity contribution in [1.29, 1.82) is 0 Å². The lowest BCUT2D eigenvalue weighted by Gasteiger charge is -2.33. The first-order valence-electron chi connectivity index (χ1n) is 10.8. The maximum absolute atomic E-state index is 12.5. The number of carbonyl (C=O) groups excluding carboxylic acids is 1. The lowest BCUT2D eigenvalue weighted by Crippen LogP contribution is -2.49. The third-order valence-corrected chi connectivity index (χ3v) is 5.65. The van der Waals surface area contributed by atoms with Crippen LogP contribution in [-0.4, -0.2) is 63.6 Å². The fraction of sp³-hybridized carbons (Fsp3) is 0.375. The summed E-state index contributed by atoms with van der Waals surface area (Å²) in [7, 11) is 0. The molecule has 7 nitrogen and oxygen atoms in total. The highest BCUT2D eigenvalue weighted by Gasteiger charge is 2.22. The number of nitrogens with zero attached hydrogens (tertiary/aromatic N) is 4. The van der Waals surface area contributed by atoms with Crippen LogP contribution in [0.1, 0.15) is 22.5 Å². The number of carbonyl (C=O) groups is 1. The minimum atomic E-state index is -0.273. The van der Waals surface area contributed by atoms with E-state index >= 15 is 0 Å². The number of H-pyrrole nitrogens is 1. The van der Waals surface area contributed by atoms with Gasteiger partial charge in [0.05, 0.1) is 6.33 Å². The van der Waals surface area contributed by atoms with Crippen LogP contribution in [0.4, 0.5) is 4.79 Å². The molecule has 1 saturated heterocycles. The molecule has 7 heteroatoms. The van der Waals surface area contributed by atoms with Gasteiger partial charge in [-0.3, -0.25) is 9.88 Å². The number of benzene rings is 1. The number of amides is 1. The third kappa shape index (κ3) is 6.15. The first-order chi connectivity index (χ1) is 15.2. The van der Waals surface area contributed by atoms with Crippen LogP contribution in [0.5, 0.6) is 5.75 Å². The Bertz CT molecular complexity index is 947. The Hall–Kier alpha value is -3.19. The monoisotopic (exact) mass is 419 g/mol. The molecule has 3 aromatic rings. The summed E-state index contributed by atoms with van der Waals surface area (Å²) in [5.74, 6) is 0.587. The molecular weight excluding hydrogens is 390 g/mol. The summed E-state index contributed by atoms with van der Waals surface area (Å²) in [6.45, 7) is 6.08. The molecule has 1 N–H and O–H groups in total. The van der Waals surface area contributed by atoms with Crippen molar-refractivity contribution in [3.8, 4) is 5.75 Å². The molecule has 0 atom stereocenters. The molecule has 4 rings (SSSR count). The molecule has 2 aromatic heterocycles. The van der Waals surface area contributed by atoms with Crippen LogP contribution in [0.3, 0.4) is 0 Å². The average Bonchev–Trinajstić information content (AvgIpc) is 3.32. The second kappa shape index (κ2) is 10.2. The molecule has 0 saturated carbocycles. The van der Waals surface area contributed by atoms with Gasteiger partial charge in [-0.25, -0.2) is 9.78 Å². The Labute approximate surface area is 183 Å². The fourth-order valence-electron chi connectivity index (χ4n) is 3.66. The second-order valence-corrected chi connectivity index (χ2v) is 7.99. The number of piperazine rings is 1. The van der Waals surface area contributed by atoms with Gasteiger partial charge in [0.25, 0.3) is 0 Å². The summed E-state index contributed by atoms with van der Waals surface area (Å²) in [5.41, 5.74) is 4.60. The predicted octanol–water partition coefficient (Wildman–Crippen LogP) is 3.26. The predicted molar refractivity (Wildman–Crippen MR) is 119 cm³/mol. The molecule has 0 unspecified atom stereocenters. The number of aromatic amines is 1. The number of hydrogen-bond acceptors (Lipinski definition) is 5. The van der Waals surface area contributed by atoms with Crippen molar-refractivity contribution in [1.82, 2.24) is 24.8 Å². The van der Waals surface area contributed by atoms with Gasteiger partial charge in [0.1, 0.15) is 5.75 Å². The van der Waals surface area contributed by atoms with Gasteiger partial charge in [-0.15, -0.1) is 0 Å². The van der Waals surface area contributed by atoms with E-state index in [0.717, 1.165) is 50.3 Å². The average molecular weight is 420 g/mol. The number of nitrogens with one attached hydrogen (secondary N) is 1. The van der Waals surface area contributed by atoms with Crippen molar-refractivity contribution in [2.75, 3.05) is 32.7 Å². The number of ether oxygens (including phenoxy) is 1. The zero-order chi connectivity index (χ0) is 21.5. The SMILES string of the molecule is Cc1ccc(CCc2ccc(OC(=O)N3CCN(CCc4cnc[nH]4)CC3)cc2)nc1. The van der Waals surface area contributed by atoms with E-state index in [9.17, 15) is 4.79 Å². The Kier molecular flexibility index (Phi) is 6.94. The van der Waals surface area contributed by atoms with Gasteiger partial charge in [0, 0.05) is 62.9 Å². The number of imidazole rings is 1. The summed E-state index contributed by atoms with van der Waals surface area (Å²) in [6.07, 6.45) is 7.93. The molecule has 1 fully saturated rings. The van der Waals surface area contributed by atoms with Gasteiger partial charge in [-0.05, 0) is 49.1 Å². The molecule has 0 spiro atoms. The fourth-order valence-corrected chi connectivity index (χ4v) is 3.66. The molecular formula is C24H29N5O2. The lowest BCUT2D eigenvalue weighted by atomic mass is 10.1. The zero-order valence-corrected chi connectivity index (χ0v) is 18.0. The molecule has 1 aromatic carbocycles. The topological polar surface area (TPSA) is 74.3 Å². The minimum Gasteiger partial charge on any atom is -0.410 e. The van der Waals surface area contributed by atoms with Crippen molar-refractivity contribution in [2.45, 2.75) is 26.2 Å². The van der Waals surface area contributed by atoms with E-state index in [4.69, 9.17) is 4.74 Å². The smallest absolute Gasteiger partial charge is 0.410 e. The number of aromatic nitrogens is 3. The van der Waals surface area contributed by atoms with E-state index < -0.39 is 0 Å². The highest BCUT2D eigenvalue weighted by atomic mass is 16.6. The van der Waals surface area contributed by atoms with Gasteiger partial charge in [0.2, 0.25) is 0 Å². The van der Waals surface area contributed by atoms with Crippen molar-refractivity contribution in [3.05, 3.63) is 77.6 Å². The first-order valence-corrected chi connectivity index (χ1v) is 10.8. The van der Waals surface area contributed by atoms with Crippen molar-refractivity contribution >= 4 is 6.09 Å². The van der Waals surface area contributed by atoms with Crippen LogP contribution in [0.25, 0.3) is 0 Å². The summed E-state index contributed by atoms with van der Waals surface area (Å²) in [4.78, 5) is 28.3. The Morgan fingerprint density at radius 2 is 1.81 bits per heavy atom. The van der Waals surface area contributed by atoms with Gasteiger partial charge < -0.3 is 14.6 Å². The Morgan fingerprint density at radius 1 is 1.00 bits per heavy atom. The van der Waals surface area contributed by atoms with Crippen LogP contribution in [0.2, 0.25) is 0 Å². The van der Waals surface area contributed by atoms with E-state index in [0.29, 0.717) is 18.8 Å². The van der Waals surface area contributed by atoms with Crippen molar-refractivity contribution < 1.29 is 9.53 Å². The van der Waals surface area contributed by atoms with E-state index in [-0.39, 0.29) is 6.09 Å². The highest BCUT2D eigenvalue weighted by molar-refractivity contribution is 5.70. The Morgan fingerprint density at radius 3 is 2.48 bits per heavy atom. The first kappa shape index (κ1) is 21.1. The molecule has 0 radical (unpaired) electrons. The maximum Gasteiger partial charge on any atom is 0.415 e. The van der Waals surface area contributed by atoms with E-state index in [2.05, 4.69) is 32.0 Å². The molecule has 162 valence electrons. The summed E-state index contributed by atoms with van der Waals surface area (Å²) >= 11 is 0. The van der Waals surface area contributed by atoms with Gasteiger partial charge in [-0.2, -0.15) is 0 Å². The van der Waals surface area contributed by atoms with Crippen LogP contribution < -0.4 is 4.74 Å². The van der Waals surface area contributed by atoms with Crippen LogP contribution in [0.15, 0.2) is 55.1 Å². The van der Waals surface area contributed by atoms with Gasteiger partial charge in [0.15, 0.2) is 0 Å². The molecule has 3 heterocycles. The van der Waals surface area contributed by atoms with Gasteiger partial charge in [-0.1, -0.05) is 18.2 Å². The summed E-state index contributed by atoms with van der Waals surface area (Å²) in [5, 5.41) is 0. The van der Waals surface area contributed by atoms with Gasteiger partial charge >= 0.3 is 6.09 Å². The molecule has 1 aliphatic rings. The quantitative estimate of drug-likeness (QED) is 0.636. The van der Waals surface area contributed by atoms with E-state index in [1.807, 2.05) is 43.6 Å². The molecule has 31 heavy (non-hydrogen) atoms. The maximum atomic E-state index is 12.5. The lowest BCUT2D eigenvalue weighted by molar-refractivity contribution is 0.111. The highest BCUT2D eigenvalue weighted by Crippen LogP contribution is 2.16.